The number of carbonyl (C=O) groups is 1. The third-order valence-corrected chi connectivity index (χ3v) is 3.17. The topological polar surface area (TPSA) is 38.3 Å². The van der Waals surface area contributed by atoms with Gasteiger partial charge in [0, 0.05) is 12.7 Å². The lowest BCUT2D eigenvalue weighted by atomic mass is 10.1. The smallest absolute Gasteiger partial charge is 0.251 e. The summed E-state index contributed by atoms with van der Waals surface area (Å²) in [7, 11) is 1.59. The van der Waals surface area contributed by atoms with Crippen molar-refractivity contribution in [2.45, 2.75) is 25.8 Å². The number of ether oxygens (including phenoxy) is 1. The van der Waals surface area contributed by atoms with Crippen LogP contribution in [0, 0.1) is 5.82 Å². The molecule has 1 rings (SSSR count). The molecule has 1 aromatic rings. The van der Waals surface area contributed by atoms with E-state index in [2.05, 4.69) is 21.2 Å². The molecule has 18 heavy (non-hydrogen) atoms. The second-order valence-electron chi connectivity index (χ2n) is 4.04. The Morgan fingerprint density at radius 2 is 2.28 bits per heavy atom. The summed E-state index contributed by atoms with van der Waals surface area (Å²) in [6, 6.07) is 4.28. The van der Waals surface area contributed by atoms with E-state index in [0.29, 0.717) is 16.6 Å². The lowest BCUT2D eigenvalue weighted by Crippen LogP contribution is -2.37. The molecule has 1 atom stereocenters. The van der Waals surface area contributed by atoms with Gasteiger partial charge in [0.1, 0.15) is 5.82 Å². The zero-order valence-corrected chi connectivity index (χ0v) is 12.1. The van der Waals surface area contributed by atoms with E-state index in [-0.39, 0.29) is 11.9 Å². The van der Waals surface area contributed by atoms with Crippen molar-refractivity contribution in [3.05, 3.63) is 34.1 Å². The average Bonchev–Trinajstić information content (AvgIpc) is 2.33. The quantitative estimate of drug-likeness (QED) is 0.875. The Bertz CT molecular complexity index is 406. The van der Waals surface area contributed by atoms with Gasteiger partial charge in [-0.25, -0.2) is 4.39 Å². The minimum Gasteiger partial charge on any atom is -0.383 e. The van der Waals surface area contributed by atoms with Gasteiger partial charge < -0.3 is 10.1 Å². The summed E-state index contributed by atoms with van der Waals surface area (Å²) in [5.74, 6) is -0.724. The fraction of sp³-hybridized carbons (Fsp3) is 0.462. The highest BCUT2D eigenvalue weighted by atomic mass is 79.9. The van der Waals surface area contributed by atoms with Crippen molar-refractivity contribution in [3.8, 4) is 0 Å². The highest BCUT2D eigenvalue weighted by molar-refractivity contribution is 9.10. The first-order valence-corrected chi connectivity index (χ1v) is 6.62. The SMILES string of the molecule is CCCC(COC)NC(=O)c1ccc(Br)c(F)c1. The first-order valence-electron chi connectivity index (χ1n) is 5.83. The van der Waals surface area contributed by atoms with E-state index in [9.17, 15) is 9.18 Å². The number of methoxy groups -OCH3 is 1. The zero-order chi connectivity index (χ0) is 13.5. The van der Waals surface area contributed by atoms with Crippen LogP contribution in [0.3, 0.4) is 0 Å². The Hall–Kier alpha value is -0.940. The molecule has 3 nitrogen and oxygen atoms in total. The summed E-state index contributed by atoms with van der Waals surface area (Å²) in [6.07, 6.45) is 1.78. The third kappa shape index (κ3) is 4.38. The van der Waals surface area contributed by atoms with Gasteiger partial charge in [0.25, 0.3) is 5.91 Å². The number of hydrogen-bond donors (Lipinski definition) is 1. The fourth-order valence-corrected chi connectivity index (χ4v) is 1.90. The summed E-state index contributed by atoms with van der Waals surface area (Å²) in [5, 5.41) is 2.84. The van der Waals surface area contributed by atoms with Crippen molar-refractivity contribution in [1.29, 1.82) is 0 Å². The molecular weight excluding hydrogens is 301 g/mol. The van der Waals surface area contributed by atoms with E-state index in [1.54, 1.807) is 13.2 Å². The number of hydrogen-bond acceptors (Lipinski definition) is 2. The van der Waals surface area contributed by atoms with Crippen LogP contribution in [0.4, 0.5) is 4.39 Å². The molecule has 0 aliphatic heterocycles. The summed E-state index contributed by atoms with van der Waals surface area (Å²) in [5.41, 5.74) is 0.313. The van der Waals surface area contributed by atoms with E-state index in [4.69, 9.17) is 4.74 Å². The molecule has 0 bridgehead atoms. The second kappa shape index (κ2) is 7.48. The monoisotopic (exact) mass is 317 g/mol. The maximum Gasteiger partial charge on any atom is 0.251 e. The molecule has 0 aliphatic carbocycles. The molecule has 1 unspecified atom stereocenters. The Morgan fingerprint density at radius 3 is 2.83 bits per heavy atom. The van der Waals surface area contributed by atoms with Crippen LogP contribution in [0.2, 0.25) is 0 Å². The van der Waals surface area contributed by atoms with Crippen LogP contribution in [-0.2, 0) is 4.74 Å². The highest BCUT2D eigenvalue weighted by Gasteiger charge is 2.14. The zero-order valence-electron chi connectivity index (χ0n) is 10.5. The van der Waals surface area contributed by atoms with Gasteiger partial charge in [-0.15, -0.1) is 0 Å². The molecule has 1 aromatic carbocycles. The normalized spacial score (nSPS) is 12.2. The fourth-order valence-electron chi connectivity index (χ4n) is 1.65. The van der Waals surface area contributed by atoms with Gasteiger partial charge in [-0.3, -0.25) is 4.79 Å². The molecule has 0 aromatic heterocycles. The standard InChI is InChI=1S/C13H17BrFNO2/c1-3-4-10(8-18-2)16-13(17)9-5-6-11(14)12(15)7-9/h5-7,10H,3-4,8H2,1-2H3,(H,16,17). The molecule has 0 saturated heterocycles. The van der Waals surface area contributed by atoms with E-state index >= 15 is 0 Å². The number of carbonyl (C=O) groups excluding carboxylic acids is 1. The maximum absolute atomic E-state index is 13.3. The lowest BCUT2D eigenvalue weighted by molar-refractivity contribution is 0.0891. The van der Waals surface area contributed by atoms with Crippen LogP contribution in [-0.4, -0.2) is 25.7 Å². The van der Waals surface area contributed by atoms with Crippen LogP contribution in [0.1, 0.15) is 30.1 Å². The minimum absolute atomic E-state index is 0.0424. The van der Waals surface area contributed by atoms with Crippen molar-refractivity contribution < 1.29 is 13.9 Å². The van der Waals surface area contributed by atoms with E-state index in [1.807, 2.05) is 6.92 Å². The third-order valence-electron chi connectivity index (χ3n) is 2.52. The van der Waals surface area contributed by atoms with Crippen molar-refractivity contribution in [2.75, 3.05) is 13.7 Å². The van der Waals surface area contributed by atoms with Gasteiger partial charge >= 0.3 is 0 Å². The van der Waals surface area contributed by atoms with E-state index < -0.39 is 5.82 Å². The van der Waals surface area contributed by atoms with Crippen molar-refractivity contribution in [1.82, 2.24) is 5.32 Å². The molecule has 1 amide bonds. The number of rotatable bonds is 6. The molecule has 0 fully saturated rings. The number of benzene rings is 1. The van der Waals surface area contributed by atoms with Crippen LogP contribution in [0.25, 0.3) is 0 Å². The van der Waals surface area contributed by atoms with Gasteiger partial charge in [0.15, 0.2) is 0 Å². The van der Waals surface area contributed by atoms with E-state index in [1.165, 1.54) is 12.1 Å². The molecule has 0 heterocycles. The first-order chi connectivity index (χ1) is 8.58. The van der Waals surface area contributed by atoms with Gasteiger partial charge in [-0.1, -0.05) is 13.3 Å². The van der Waals surface area contributed by atoms with Crippen LogP contribution in [0.5, 0.6) is 0 Å². The molecule has 0 saturated carbocycles. The van der Waals surface area contributed by atoms with Gasteiger partial charge in [0.2, 0.25) is 0 Å². The molecular formula is C13H17BrFNO2. The number of nitrogens with one attached hydrogen (secondary N) is 1. The molecule has 1 N–H and O–H groups in total. The van der Waals surface area contributed by atoms with Crippen molar-refractivity contribution in [2.24, 2.45) is 0 Å². The summed E-state index contributed by atoms with van der Waals surface area (Å²) < 4.78 is 18.7. The number of amides is 1. The van der Waals surface area contributed by atoms with E-state index in [0.717, 1.165) is 12.8 Å². The predicted molar refractivity (Wildman–Crippen MR) is 72.1 cm³/mol. The van der Waals surface area contributed by atoms with Gasteiger partial charge in [-0.2, -0.15) is 0 Å². The molecule has 0 radical (unpaired) electrons. The summed E-state index contributed by atoms with van der Waals surface area (Å²) in [6.45, 7) is 2.49. The molecule has 0 spiro atoms. The number of halogens is 2. The highest BCUT2D eigenvalue weighted by Crippen LogP contribution is 2.16. The lowest BCUT2D eigenvalue weighted by Gasteiger charge is -2.17. The van der Waals surface area contributed by atoms with Crippen molar-refractivity contribution in [3.63, 3.8) is 0 Å². The van der Waals surface area contributed by atoms with Gasteiger partial charge in [-0.05, 0) is 40.5 Å². The Labute approximate surface area is 115 Å². The predicted octanol–water partition coefficient (Wildman–Crippen LogP) is 3.13. The van der Waals surface area contributed by atoms with Gasteiger partial charge in [0.05, 0.1) is 17.1 Å². The summed E-state index contributed by atoms with van der Waals surface area (Å²) >= 11 is 3.05. The minimum atomic E-state index is -0.443. The molecule has 5 heteroatoms. The Balaban J connectivity index is 2.70. The van der Waals surface area contributed by atoms with Crippen LogP contribution >= 0.6 is 15.9 Å². The van der Waals surface area contributed by atoms with Crippen LogP contribution < -0.4 is 5.32 Å². The molecule has 100 valence electrons. The second-order valence-corrected chi connectivity index (χ2v) is 4.90. The van der Waals surface area contributed by atoms with Crippen molar-refractivity contribution >= 4 is 21.8 Å². The van der Waals surface area contributed by atoms with Crippen LogP contribution in [0.15, 0.2) is 22.7 Å². The summed E-state index contributed by atoms with van der Waals surface area (Å²) in [4.78, 5) is 11.9. The molecule has 0 aliphatic rings. The first kappa shape index (κ1) is 15.1. The Kier molecular flexibility index (Phi) is 6.29. The Morgan fingerprint density at radius 1 is 1.56 bits per heavy atom. The maximum atomic E-state index is 13.3. The average molecular weight is 318 g/mol. The largest absolute Gasteiger partial charge is 0.383 e.